The normalized spacial score (nSPS) is 11.9. The van der Waals surface area contributed by atoms with E-state index in [4.69, 9.17) is 4.42 Å². The molecule has 0 bridgehead atoms. The van der Waals surface area contributed by atoms with Crippen molar-refractivity contribution >= 4 is 87.4 Å². The van der Waals surface area contributed by atoms with Crippen LogP contribution in [0.25, 0.3) is 160 Å². The van der Waals surface area contributed by atoms with Crippen LogP contribution in [0.3, 0.4) is 0 Å². The van der Waals surface area contributed by atoms with Crippen molar-refractivity contribution in [3.8, 4) is 72.7 Å². The monoisotopic (exact) mass is 1040 g/mol. The molecule has 0 aliphatic carbocycles. The van der Waals surface area contributed by atoms with Crippen LogP contribution in [0.15, 0.2) is 302 Å². The summed E-state index contributed by atoms with van der Waals surface area (Å²) in [5.74, 6) is 0. The van der Waals surface area contributed by atoms with Crippen molar-refractivity contribution in [1.82, 2.24) is 13.7 Å². The Morgan fingerprint density at radius 3 is 1.35 bits per heavy atom. The molecule has 0 saturated heterocycles. The lowest BCUT2D eigenvalue weighted by Gasteiger charge is -2.18. The Morgan fingerprint density at radius 1 is 0.220 bits per heavy atom. The quantitative estimate of drug-likeness (QED) is 0.149. The van der Waals surface area contributed by atoms with Gasteiger partial charge in [-0.15, -0.1) is 0 Å². The first kappa shape index (κ1) is 46.0. The molecule has 382 valence electrons. The molecule has 0 amide bonds. The maximum absolute atomic E-state index is 6.79. The zero-order valence-corrected chi connectivity index (χ0v) is 44.5. The highest BCUT2D eigenvalue weighted by molar-refractivity contribution is 6.29. The summed E-state index contributed by atoms with van der Waals surface area (Å²) >= 11 is 0. The summed E-state index contributed by atoms with van der Waals surface area (Å²) in [6.45, 7) is 0. The highest BCUT2D eigenvalue weighted by Crippen LogP contribution is 2.50. The third-order valence-corrected chi connectivity index (χ3v) is 17.0. The largest absolute Gasteiger partial charge is 0.455 e. The van der Waals surface area contributed by atoms with Crippen molar-refractivity contribution in [2.24, 2.45) is 0 Å². The average Bonchev–Trinajstić information content (AvgIpc) is 2.90. The first-order valence-electron chi connectivity index (χ1n) is 28.2. The second-order valence-corrected chi connectivity index (χ2v) is 21.5. The van der Waals surface area contributed by atoms with Crippen molar-refractivity contribution in [3.63, 3.8) is 0 Å². The van der Waals surface area contributed by atoms with Crippen LogP contribution in [0.2, 0.25) is 0 Å². The van der Waals surface area contributed by atoms with Crippen LogP contribution >= 0.6 is 0 Å². The Hall–Kier alpha value is -10.9. The summed E-state index contributed by atoms with van der Waals surface area (Å²) in [4.78, 5) is 0. The standard InChI is InChI=1S/C78H49N3O/c1-4-22-50(23-5-1)53-28-20-30-57(45-53)80-69-38-16-12-34-62(69)68-49-67(74-65-36-13-18-40-71(65)81(77(74)76(68)80)58-31-21-29-54(46-58)51-24-6-2-7-25-51)61-33-11-10-32-60(61)56-44-55(52-26-8-3-9-27-52)47-59(48-56)79-70-39-17-14-37-66(70)75-72(79)43-42-64-63-35-15-19-41-73(63)82-78(64)75/h1-49H. The Morgan fingerprint density at radius 2 is 0.695 bits per heavy atom. The fourth-order valence-corrected chi connectivity index (χ4v) is 13.4. The van der Waals surface area contributed by atoms with Gasteiger partial charge in [0.25, 0.3) is 0 Å². The van der Waals surface area contributed by atoms with Gasteiger partial charge in [-0.3, -0.25) is 0 Å². The molecule has 0 fully saturated rings. The second kappa shape index (κ2) is 18.3. The van der Waals surface area contributed by atoms with Crippen molar-refractivity contribution in [2.75, 3.05) is 0 Å². The molecule has 0 radical (unpaired) electrons. The molecule has 4 heteroatoms. The van der Waals surface area contributed by atoms with Crippen LogP contribution in [-0.2, 0) is 0 Å². The van der Waals surface area contributed by atoms with E-state index in [0.717, 1.165) is 116 Å². The lowest BCUT2D eigenvalue weighted by molar-refractivity contribution is 0.673. The van der Waals surface area contributed by atoms with E-state index in [9.17, 15) is 0 Å². The van der Waals surface area contributed by atoms with Gasteiger partial charge in [0, 0.05) is 54.8 Å². The molecule has 0 unspecified atom stereocenters. The maximum atomic E-state index is 6.79. The Labute approximate surface area is 472 Å². The molecule has 0 atom stereocenters. The van der Waals surface area contributed by atoms with Crippen LogP contribution < -0.4 is 0 Å². The van der Waals surface area contributed by atoms with Crippen LogP contribution in [0.4, 0.5) is 0 Å². The molecule has 0 spiro atoms. The van der Waals surface area contributed by atoms with Crippen LogP contribution in [-0.4, -0.2) is 13.7 Å². The molecule has 82 heavy (non-hydrogen) atoms. The number of fused-ring (bicyclic) bond motifs is 14. The van der Waals surface area contributed by atoms with Crippen LogP contribution in [0.1, 0.15) is 0 Å². The minimum absolute atomic E-state index is 0.893. The van der Waals surface area contributed by atoms with E-state index in [1.165, 1.54) is 43.8 Å². The minimum Gasteiger partial charge on any atom is -0.455 e. The summed E-state index contributed by atoms with van der Waals surface area (Å²) in [6, 6.07) is 109. The summed E-state index contributed by atoms with van der Waals surface area (Å²) in [6.07, 6.45) is 0. The molecule has 0 aliphatic heterocycles. The van der Waals surface area contributed by atoms with Crippen molar-refractivity contribution in [1.29, 1.82) is 0 Å². The molecule has 0 saturated carbocycles. The third-order valence-electron chi connectivity index (χ3n) is 17.0. The van der Waals surface area contributed by atoms with Crippen molar-refractivity contribution < 1.29 is 4.42 Å². The highest BCUT2D eigenvalue weighted by Gasteiger charge is 2.27. The van der Waals surface area contributed by atoms with Gasteiger partial charge < -0.3 is 18.1 Å². The molecule has 4 nitrogen and oxygen atoms in total. The predicted molar refractivity (Wildman–Crippen MR) is 344 cm³/mol. The molecule has 17 aromatic rings. The van der Waals surface area contributed by atoms with Gasteiger partial charge >= 0.3 is 0 Å². The van der Waals surface area contributed by atoms with Gasteiger partial charge in [0.15, 0.2) is 0 Å². The van der Waals surface area contributed by atoms with Gasteiger partial charge in [0.2, 0.25) is 0 Å². The molecule has 4 aromatic heterocycles. The summed E-state index contributed by atoms with van der Waals surface area (Å²) < 4.78 is 14.3. The van der Waals surface area contributed by atoms with Crippen molar-refractivity contribution in [2.45, 2.75) is 0 Å². The number of furan rings is 1. The summed E-state index contributed by atoms with van der Waals surface area (Å²) in [5.41, 5.74) is 23.5. The molecule has 0 aliphatic rings. The SMILES string of the molecule is c1ccc(-c2cc(-c3ccccc3-c3cc4c5ccccc5n(-c5cccc(-c6ccccc6)c5)c4c4c3c3ccccc3n4-c3cccc(-c4ccccc4)c3)cc(-n3c4ccccc4c4c5oc6ccccc6c5ccc43)c2)cc1. The van der Waals surface area contributed by atoms with Gasteiger partial charge in [-0.2, -0.15) is 0 Å². The van der Waals surface area contributed by atoms with E-state index in [2.05, 4.69) is 311 Å². The number of aromatic nitrogens is 3. The average molecular weight is 1040 g/mol. The predicted octanol–water partition coefficient (Wildman–Crippen LogP) is 21.2. The third kappa shape index (κ3) is 7.05. The fraction of sp³-hybridized carbons (Fsp3) is 0. The molecule has 13 aromatic carbocycles. The first-order valence-corrected chi connectivity index (χ1v) is 28.2. The zero-order valence-electron chi connectivity index (χ0n) is 44.5. The van der Waals surface area contributed by atoms with Gasteiger partial charge in [0.05, 0.1) is 38.5 Å². The topological polar surface area (TPSA) is 27.9 Å². The molecule has 17 rings (SSSR count). The molecular formula is C78H49N3O. The second-order valence-electron chi connectivity index (χ2n) is 21.5. The van der Waals surface area contributed by atoms with Crippen LogP contribution in [0.5, 0.6) is 0 Å². The van der Waals surface area contributed by atoms with E-state index in [1.807, 2.05) is 0 Å². The first-order chi connectivity index (χ1) is 40.7. The molecule has 4 heterocycles. The van der Waals surface area contributed by atoms with Gasteiger partial charge in [-0.05, 0) is 141 Å². The minimum atomic E-state index is 0.893. The van der Waals surface area contributed by atoms with Gasteiger partial charge in [-0.1, -0.05) is 212 Å². The van der Waals surface area contributed by atoms with E-state index >= 15 is 0 Å². The van der Waals surface area contributed by atoms with E-state index in [0.29, 0.717) is 0 Å². The fourth-order valence-electron chi connectivity index (χ4n) is 13.4. The van der Waals surface area contributed by atoms with E-state index in [-0.39, 0.29) is 0 Å². The number of hydrogen-bond donors (Lipinski definition) is 0. The highest BCUT2D eigenvalue weighted by atomic mass is 16.3. The molecule has 0 N–H and O–H groups in total. The van der Waals surface area contributed by atoms with Gasteiger partial charge in [0.1, 0.15) is 11.2 Å². The molecular weight excluding hydrogens is 995 g/mol. The number of hydrogen-bond acceptors (Lipinski definition) is 1. The lowest BCUT2D eigenvalue weighted by atomic mass is 9.89. The van der Waals surface area contributed by atoms with Crippen molar-refractivity contribution in [3.05, 3.63) is 297 Å². The number of benzene rings is 13. The zero-order chi connectivity index (χ0) is 53.8. The smallest absolute Gasteiger partial charge is 0.145 e. The lowest BCUT2D eigenvalue weighted by Crippen LogP contribution is -2.00. The Balaban J connectivity index is 0.978. The Kier molecular flexibility index (Phi) is 10.3. The summed E-state index contributed by atoms with van der Waals surface area (Å²) in [5, 5.41) is 9.27. The van der Waals surface area contributed by atoms with Crippen LogP contribution in [0, 0.1) is 0 Å². The Bertz CT molecular complexity index is 5390. The maximum Gasteiger partial charge on any atom is 0.145 e. The number of nitrogens with zero attached hydrogens (tertiary/aromatic N) is 3. The van der Waals surface area contributed by atoms with E-state index in [1.54, 1.807) is 0 Å². The van der Waals surface area contributed by atoms with Gasteiger partial charge in [-0.25, -0.2) is 0 Å². The number of rotatable bonds is 8. The summed E-state index contributed by atoms with van der Waals surface area (Å²) in [7, 11) is 0. The number of para-hydroxylation sites is 4. The van der Waals surface area contributed by atoms with E-state index < -0.39 is 0 Å².